The SMILES string of the molecule is CCOC(=O)c1c(OCC2CC2)c2cc(OC)ccc2n1CC1CC1. The number of carbonyl (C=O) groups excluding carboxylic acids is 1. The smallest absolute Gasteiger partial charge is 0.358 e. The molecule has 2 fully saturated rings. The van der Waals surface area contributed by atoms with Gasteiger partial charge in [-0.15, -0.1) is 0 Å². The van der Waals surface area contributed by atoms with Crippen molar-refractivity contribution in [2.75, 3.05) is 20.3 Å². The Balaban J connectivity index is 1.83. The average Bonchev–Trinajstić information content (AvgIpc) is 3.52. The van der Waals surface area contributed by atoms with Crippen LogP contribution in [0.25, 0.3) is 10.9 Å². The van der Waals surface area contributed by atoms with Crippen LogP contribution in [0, 0.1) is 11.8 Å². The summed E-state index contributed by atoms with van der Waals surface area (Å²) >= 11 is 0. The fraction of sp³-hybridized carbons (Fsp3) is 0.550. The van der Waals surface area contributed by atoms with Gasteiger partial charge in [-0.3, -0.25) is 0 Å². The fourth-order valence-electron chi connectivity index (χ4n) is 3.21. The van der Waals surface area contributed by atoms with Crippen LogP contribution in [0.2, 0.25) is 0 Å². The van der Waals surface area contributed by atoms with Crippen molar-refractivity contribution >= 4 is 16.9 Å². The maximum Gasteiger partial charge on any atom is 0.358 e. The third-order valence-electron chi connectivity index (χ3n) is 4.99. The van der Waals surface area contributed by atoms with Crippen molar-refractivity contribution in [1.29, 1.82) is 0 Å². The Morgan fingerprint density at radius 1 is 1.20 bits per heavy atom. The number of carbonyl (C=O) groups is 1. The van der Waals surface area contributed by atoms with E-state index in [1.807, 2.05) is 25.1 Å². The summed E-state index contributed by atoms with van der Waals surface area (Å²) in [7, 11) is 1.65. The van der Waals surface area contributed by atoms with Gasteiger partial charge in [0.15, 0.2) is 11.4 Å². The predicted octanol–water partition coefficient (Wildman–Crippen LogP) is 4.03. The number of hydrogen-bond donors (Lipinski definition) is 0. The van der Waals surface area contributed by atoms with Crippen LogP contribution in [0.15, 0.2) is 18.2 Å². The van der Waals surface area contributed by atoms with Crippen molar-refractivity contribution in [3.8, 4) is 11.5 Å². The Labute approximate surface area is 147 Å². The second-order valence-corrected chi connectivity index (χ2v) is 7.09. The number of fused-ring (bicyclic) bond motifs is 1. The largest absolute Gasteiger partial charge is 0.497 e. The topological polar surface area (TPSA) is 49.7 Å². The van der Waals surface area contributed by atoms with Gasteiger partial charge in [0.1, 0.15) is 5.75 Å². The maximum absolute atomic E-state index is 12.7. The van der Waals surface area contributed by atoms with Gasteiger partial charge >= 0.3 is 5.97 Å². The van der Waals surface area contributed by atoms with Crippen LogP contribution in [0.1, 0.15) is 43.1 Å². The van der Waals surface area contributed by atoms with Crippen LogP contribution >= 0.6 is 0 Å². The van der Waals surface area contributed by atoms with Crippen molar-refractivity contribution in [2.45, 2.75) is 39.2 Å². The number of ether oxygens (including phenoxy) is 3. The maximum atomic E-state index is 12.7. The first-order valence-corrected chi connectivity index (χ1v) is 9.21. The van der Waals surface area contributed by atoms with E-state index in [1.54, 1.807) is 7.11 Å². The predicted molar refractivity (Wildman–Crippen MR) is 95.4 cm³/mol. The second kappa shape index (κ2) is 6.62. The van der Waals surface area contributed by atoms with Crippen molar-refractivity contribution in [3.05, 3.63) is 23.9 Å². The van der Waals surface area contributed by atoms with Gasteiger partial charge in [0.25, 0.3) is 0 Å². The number of rotatable bonds is 8. The highest BCUT2D eigenvalue weighted by Gasteiger charge is 2.31. The standard InChI is InChI=1S/C20H25NO4/c1-3-24-20(22)18-19(25-12-14-6-7-14)16-10-15(23-2)8-9-17(16)21(18)11-13-4-5-13/h8-10,13-14H,3-7,11-12H2,1-2H3. The normalized spacial score (nSPS) is 16.9. The first kappa shape index (κ1) is 16.3. The molecule has 2 saturated carbocycles. The summed E-state index contributed by atoms with van der Waals surface area (Å²) < 4.78 is 19.0. The minimum absolute atomic E-state index is 0.302. The molecular formula is C20H25NO4. The molecule has 5 heteroatoms. The molecule has 1 aromatic carbocycles. The lowest BCUT2D eigenvalue weighted by molar-refractivity contribution is 0.0508. The van der Waals surface area contributed by atoms with Crippen LogP contribution < -0.4 is 9.47 Å². The summed E-state index contributed by atoms with van der Waals surface area (Å²) in [4.78, 5) is 12.7. The summed E-state index contributed by atoms with van der Waals surface area (Å²) in [5, 5.41) is 0.934. The summed E-state index contributed by atoms with van der Waals surface area (Å²) in [5.41, 5.74) is 1.57. The van der Waals surface area contributed by atoms with Gasteiger partial charge < -0.3 is 18.8 Å². The minimum Gasteiger partial charge on any atom is -0.497 e. The van der Waals surface area contributed by atoms with Gasteiger partial charge in [-0.25, -0.2) is 4.79 Å². The molecule has 2 aromatic rings. The molecule has 5 nitrogen and oxygen atoms in total. The number of methoxy groups -OCH3 is 1. The van der Waals surface area contributed by atoms with Crippen LogP contribution in [-0.4, -0.2) is 30.9 Å². The van der Waals surface area contributed by atoms with Gasteiger partial charge in [-0.05, 0) is 62.6 Å². The number of nitrogens with zero attached hydrogens (tertiary/aromatic N) is 1. The second-order valence-electron chi connectivity index (χ2n) is 7.09. The van der Waals surface area contributed by atoms with E-state index in [0.717, 1.165) is 23.2 Å². The molecule has 0 N–H and O–H groups in total. The first-order chi connectivity index (χ1) is 12.2. The van der Waals surface area contributed by atoms with Crippen LogP contribution in [0.3, 0.4) is 0 Å². The lowest BCUT2D eigenvalue weighted by atomic mass is 10.2. The molecular weight excluding hydrogens is 318 g/mol. The molecule has 0 radical (unpaired) electrons. The molecule has 4 rings (SSSR count). The Kier molecular flexibility index (Phi) is 4.32. The monoisotopic (exact) mass is 343 g/mol. The zero-order valence-corrected chi connectivity index (χ0v) is 14.9. The highest BCUT2D eigenvalue weighted by atomic mass is 16.5. The molecule has 0 amide bonds. The Bertz CT molecular complexity index is 787. The van der Waals surface area contributed by atoms with Crippen molar-refractivity contribution < 1.29 is 19.0 Å². The summed E-state index contributed by atoms with van der Waals surface area (Å²) in [6.07, 6.45) is 4.85. The molecule has 0 bridgehead atoms. The third-order valence-corrected chi connectivity index (χ3v) is 4.99. The van der Waals surface area contributed by atoms with Crippen LogP contribution in [0.5, 0.6) is 11.5 Å². The first-order valence-electron chi connectivity index (χ1n) is 9.21. The van der Waals surface area contributed by atoms with Gasteiger partial charge in [0.2, 0.25) is 0 Å². The quantitative estimate of drug-likeness (QED) is 0.679. The van der Waals surface area contributed by atoms with E-state index >= 15 is 0 Å². The number of aromatic nitrogens is 1. The molecule has 2 aliphatic carbocycles. The molecule has 25 heavy (non-hydrogen) atoms. The Morgan fingerprint density at radius 2 is 1.96 bits per heavy atom. The van der Waals surface area contributed by atoms with Crippen LogP contribution in [-0.2, 0) is 11.3 Å². The lowest BCUT2D eigenvalue weighted by Crippen LogP contribution is -2.15. The van der Waals surface area contributed by atoms with E-state index in [9.17, 15) is 4.79 Å². The van der Waals surface area contributed by atoms with E-state index in [1.165, 1.54) is 25.7 Å². The summed E-state index contributed by atoms with van der Waals surface area (Å²) in [5.74, 6) is 2.37. The van der Waals surface area contributed by atoms with Crippen molar-refractivity contribution in [1.82, 2.24) is 4.57 Å². The van der Waals surface area contributed by atoms with Gasteiger partial charge in [-0.1, -0.05) is 0 Å². The molecule has 1 heterocycles. The zero-order chi connectivity index (χ0) is 17.4. The van der Waals surface area contributed by atoms with Gasteiger partial charge in [0.05, 0.1) is 25.8 Å². The van der Waals surface area contributed by atoms with Crippen molar-refractivity contribution in [2.24, 2.45) is 11.8 Å². The minimum atomic E-state index is -0.302. The molecule has 0 spiro atoms. The fourth-order valence-corrected chi connectivity index (χ4v) is 3.21. The Morgan fingerprint density at radius 3 is 2.60 bits per heavy atom. The average molecular weight is 343 g/mol. The van der Waals surface area contributed by atoms with Crippen molar-refractivity contribution in [3.63, 3.8) is 0 Å². The summed E-state index contributed by atoms with van der Waals surface area (Å²) in [6, 6.07) is 5.91. The zero-order valence-electron chi connectivity index (χ0n) is 14.9. The molecule has 0 atom stereocenters. The molecule has 0 saturated heterocycles. The number of benzene rings is 1. The highest BCUT2D eigenvalue weighted by molar-refractivity contribution is 6.02. The van der Waals surface area contributed by atoms with E-state index in [-0.39, 0.29) is 5.97 Å². The van der Waals surface area contributed by atoms with E-state index in [2.05, 4.69) is 4.57 Å². The molecule has 0 aliphatic heterocycles. The van der Waals surface area contributed by atoms with E-state index in [4.69, 9.17) is 14.2 Å². The van der Waals surface area contributed by atoms with Gasteiger partial charge in [-0.2, -0.15) is 0 Å². The molecule has 1 aromatic heterocycles. The van der Waals surface area contributed by atoms with E-state index < -0.39 is 0 Å². The number of esters is 1. The third kappa shape index (κ3) is 3.32. The van der Waals surface area contributed by atoms with Crippen LogP contribution in [0.4, 0.5) is 0 Å². The summed E-state index contributed by atoms with van der Waals surface area (Å²) in [6.45, 7) is 3.69. The number of hydrogen-bond acceptors (Lipinski definition) is 4. The molecule has 0 unspecified atom stereocenters. The van der Waals surface area contributed by atoms with Gasteiger partial charge in [0, 0.05) is 11.9 Å². The molecule has 134 valence electrons. The van der Waals surface area contributed by atoms with E-state index in [0.29, 0.717) is 36.5 Å². The molecule has 2 aliphatic rings. The lowest BCUT2D eigenvalue weighted by Gasteiger charge is -2.11. The highest BCUT2D eigenvalue weighted by Crippen LogP contribution is 2.41. The Hall–Kier alpha value is -2.17.